The van der Waals surface area contributed by atoms with E-state index in [1.54, 1.807) is 16.2 Å². The number of carbonyl (C=O) groups is 2. The minimum atomic E-state index is -0.401. The van der Waals surface area contributed by atoms with Gasteiger partial charge in [0.05, 0.1) is 11.6 Å². The molecule has 122 valence electrons. The van der Waals surface area contributed by atoms with Crippen LogP contribution in [0.2, 0.25) is 5.02 Å². The van der Waals surface area contributed by atoms with E-state index in [-0.39, 0.29) is 11.9 Å². The van der Waals surface area contributed by atoms with E-state index in [1.807, 2.05) is 31.2 Å². The molecule has 0 aliphatic carbocycles. The van der Waals surface area contributed by atoms with Crippen molar-refractivity contribution in [1.82, 2.24) is 15.5 Å². The fourth-order valence-electron chi connectivity index (χ4n) is 2.80. The Kier molecular flexibility index (Phi) is 4.73. The molecule has 1 aliphatic heterocycles. The molecule has 1 aromatic carbocycles. The van der Waals surface area contributed by atoms with Crippen molar-refractivity contribution < 1.29 is 9.59 Å². The maximum Gasteiger partial charge on any atom is 0.318 e. The predicted octanol–water partition coefficient (Wildman–Crippen LogP) is 2.97. The molecule has 0 spiro atoms. The van der Waals surface area contributed by atoms with Crippen LogP contribution in [0.4, 0.5) is 4.79 Å². The molecule has 2 N–H and O–H groups in total. The van der Waals surface area contributed by atoms with Gasteiger partial charge >= 0.3 is 6.03 Å². The third kappa shape index (κ3) is 3.14. The van der Waals surface area contributed by atoms with Crippen molar-refractivity contribution in [2.24, 2.45) is 0 Å². The topological polar surface area (TPSA) is 61.4 Å². The Balaban J connectivity index is 1.70. The van der Waals surface area contributed by atoms with Gasteiger partial charge in [-0.2, -0.15) is 0 Å². The maximum absolute atomic E-state index is 12.4. The first kappa shape index (κ1) is 16.1. The minimum absolute atomic E-state index is 0.0891. The number of fused-ring (bicyclic) bond motifs is 1. The monoisotopic (exact) mass is 351 g/mol. The van der Waals surface area contributed by atoms with E-state index in [0.29, 0.717) is 31.1 Å². The predicted molar refractivity (Wildman–Crippen MR) is 92.9 cm³/mol. The van der Waals surface area contributed by atoms with Gasteiger partial charge in [0.15, 0.2) is 0 Å². The molecule has 7 heteroatoms. The highest BCUT2D eigenvalue weighted by atomic mass is 35.5. The Morgan fingerprint density at radius 3 is 3.00 bits per heavy atom. The van der Waals surface area contributed by atoms with Crippen LogP contribution in [0.15, 0.2) is 24.3 Å². The second-order valence-corrected chi connectivity index (χ2v) is 6.92. The van der Waals surface area contributed by atoms with Gasteiger partial charge in [0.25, 0.3) is 0 Å². The number of nitrogens with one attached hydrogen (secondary N) is 2. The lowest BCUT2D eigenvalue weighted by Gasteiger charge is -2.34. The summed E-state index contributed by atoms with van der Waals surface area (Å²) in [5, 5.41) is 7.37. The van der Waals surface area contributed by atoms with Crippen LogP contribution in [0.1, 0.15) is 18.2 Å². The standard InChI is InChI=1S/C16H18ClN3O2S/c1-2-11-15(21)18-7-8-20(11)16(22)19-9-13-14(17)10-5-3-4-6-12(10)23-13/h3-6,11H,2,7-9H2,1H3,(H,18,21)(H,19,22). The second kappa shape index (κ2) is 6.76. The van der Waals surface area contributed by atoms with Crippen molar-refractivity contribution in [3.8, 4) is 0 Å². The molecule has 5 nitrogen and oxygen atoms in total. The van der Waals surface area contributed by atoms with E-state index in [1.165, 1.54) is 0 Å². The first-order chi connectivity index (χ1) is 11.1. The number of amides is 3. The summed E-state index contributed by atoms with van der Waals surface area (Å²) in [6.45, 7) is 3.28. The van der Waals surface area contributed by atoms with Gasteiger partial charge < -0.3 is 15.5 Å². The molecule has 23 heavy (non-hydrogen) atoms. The molecule has 1 saturated heterocycles. The van der Waals surface area contributed by atoms with Crippen LogP contribution in [0.5, 0.6) is 0 Å². The average molecular weight is 352 g/mol. The summed E-state index contributed by atoms with van der Waals surface area (Å²) < 4.78 is 1.10. The maximum atomic E-state index is 12.4. The quantitative estimate of drug-likeness (QED) is 0.893. The van der Waals surface area contributed by atoms with Gasteiger partial charge in [0, 0.05) is 28.1 Å². The molecule has 0 saturated carbocycles. The van der Waals surface area contributed by atoms with E-state index < -0.39 is 6.04 Å². The summed E-state index contributed by atoms with van der Waals surface area (Å²) in [4.78, 5) is 26.8. The zero-order chi connectivity index (χ0) is 16.4. The van der Waals surface area contributed by atoms with E-state index in [2.05, 4.69) is 10.6 Å². The zero-order valence-corrected chi connectivity index (χ0v) is 14.3. The molecular weight excluding hydrogens is 334 g/mol. The smallest absolute Gasteiger partial charge is 0.318 e. The van der Waals surface area contributed by atoms with E-state index in [0.717, 1.165) is 15.0 Å². The summed E-state index contributed by atoms with van der Waals surface area (Å²) in [6.07, 6.45) is 0.600. The minimum Gasteiger partial charge on any atom is -0.353 e. The zero-order valence-electron chi connectivity index (χ0n) is 12.8. The summed E-state index contributed by atoms with van der Waals surface area (Å²) >= 11 is 7.96. The lowest BCUT2D eigenvalue weighted by atomic mass is 10.1. The number of carbonyl (C=O) groups excluding carboxylic acids is 2. The van der Waals surface area contributed by atoms with Gasteiger partial charge in [-0.05, 0) is 12.5 Å². The highest BCUT2D eigenvalue weighted by Crippen LogP contribution is 2.34. The van der Waals surface area contributed by atoms with Gasteiger partial charge in [0.1, 0.15) is 6.04 Å². The average Bonchev–Trinajstić information content (AvgIpc) is 2.89. The number of urea groups is 1. The molecule has 1 aliphatic rings. The van der Waals surface area contributed by atoms with E-state index >= 15 is 0 Å². The Bertz CT molecular complexity index is 746. The molecule has 1 atom stereocenters. The van der Waals surface area contributed by atoms with Crippen molar-refractivity contribution in [3.63, 3.8) is 0 Å². The number of halogens is 1. The van der Waals surface area contributed by atoms with Crippen molar-refractivity contribution in [1.29, 1.82) is 0 Å². The van der Waals surface area contributed by atoms with Crippen LogP contribution in [0.3, 0.4) is 0 Å². The fourth-order valence-corrected chi connectivity index (χ4v) is 4.24. The van der Waals surface area contributed by atoms with Crippen molar-refractivity contribution >= 4 is 45.0 Å². The molecular formula is C16H18ClN3O2S. The highest BCUT2D eigenvalue weighted by Gasteiger charge is 2.31. The Labute approximate surface area is 143 Å². The molecule has 0 bridgehead atoms. The van der Waals surface area contributed by atoms with Crippen LogP contribution in [-0.2, 0) is 11.3 Å². The van der Waals surface area contributed by atoms with Gasteiger partial charge in [-0.15, -0.1) is 11.3 Å². The lowest BCUT2D eigenvalue weighted by molar-refractivity contribution is -0.127. The normalized spacial score (nSPS) is 18.1. The van der Waals surface area contributed by atoms with Gasteiger partial charge in [0.2, 0.25) is 5.91 Å². The van der Waals surface area contributed by atoms with Crippen LogP contribution in [0, 0.1) is 0 Å². The van der Waals surface area contributed by atoms with Crippen molar-refractivity contribution in [2.75, 3.05) is 13.1 Å². The SMILES string of the molecule is CCC1C(=O)NCCN1C(=O)NCc1sc2ccccc2c1Cl. The Morgan fingerprint density at radius 1 is 1.48 bits per heavy atom. The number of thiophene rings is 1. The summed E-state index contributed by atoms with van der Waals surface area (Å²) in [7, 11) is 0. The lowest BCUT2D eigenvalue weighted by Crippen LogP contribution is -2.59. The second-order valence-electron chi connectivity index (χ2n) is 5.40. The third-order valence-electron chi connectivity index (χ3n) is 3.98. The van der Waals surface area contributed by atoms with Crippen molar-refractivity contribution in [2.45, 2.75) is 25.9 Å². The van der Waals surface area contributed by atoms with Crippen LogP contribution in [0.25, 0.3) is 10.1 Å². The Hall–Kier alpha value is -1.79. The number of piperazine rings is 1. The number of nitrogens with zero attached hydrogens (tertiary/aromatic N) is 1. The summed E-state index contributed by atoms with van der Waals surface area (Å²) in [5.74, 6) is -0.0891. The number of benzene rings is 1. The van der Waals surface area contributed by atoms with Crippen LogP contribution < -0.4 is 10.6 Å². The van der Waals surface area contributed by atoms with Crippen LogP contribution >= 0.6 is 22.9 Å². The Morgan fingerprint density at radius 2 is 2.26 bits per heavy atom. The van der Waals surface area contributed by atoms with Crippen molar-refractivity contribution in [3.05, 3.63) is 34.2 Å². The molecule has 2 heterocycles. The molecule has 3 amide bonds. The highest BCUT2D eigenvalue weighted by molar-refractivity contribution is 7.19. The van der Waals surface area contributed by atoms with E-state index in [9.17, 15) is 9.59 Å². The molecule has 1 fully saturated rings. The van der Waals surface area contributed by atoms with Gasteiger partial charge in [-0.3, -0.25) is 4.79 Å². The third-order valence-corrected chi connectivity index (χ3v) is 5.69. The fraction of sp³-hybridized carbons (Fsp3) is 0.375. The number of hydrogen-bond acceptors (Lipinski definition) is 3. The molecule has 2 aromatic rings. The number of rotatable bonds is 3. The van der Waals surface area contributed by atoms with Crippen LogP contribution in [-0.4, -0.2) is 36.0 Å². The summed E-state index contributed by atoms with van der Waals surface area (Å²) in [6, 6.07) is 7.28. The summed E-state index contributed by atoms with van der Waals surface area (Å²) in [5.41, 5.74) is 0. The first-order valence-electron chi connectivity index (χ1n) is 7.60. The van der Waals surface area contributed by atoms with Gasteiger partial charge in [-0.1, -0.05) is 36.7 Å². The molecule has 1 aromatic heterocycles. The molecule has 3 rings (SSSR count). The molecule has 1 unspecified atom stereocenters. The largest absolute Gasteiger partial charge is 0.353 e. The first-order valence-corrected chi connectivity index (χ1v) is 8.79. The molecule has 0 radical (unpaired) electrons. The van der Waals surface area contributed by atoms with E-state index in [4.69, 9.17) is 11.6 Å². The van der Waals surface area contributed by atoms with Gasteiger partial charge in [-0.25, -0.2) is 4.79 Å². The number of hydrogen-bond donors (Lipinski definition) is 2.